The molecule has 2 aromatic rings. The first-order valence-electron chi connectivity index (χ1n) is 8.70. The molecule has 1 aromatic carbocycles. The van der Waals surface area contributed by atoms with Crippen LogP contribution in [0.2, 0.25) is 0 Å². The van der Waals surface area contributed by atoms with Gasteiger partial charge in [-0.15, -0.1) is 0 Å². The van der Waals surface area contributed by atoms with Crippen molar-refractivity contribution in [3.63, 3.8) is 0 Å². The van der Waals surface area contributed by atoms with E-state index in [9.17, 15) is 4.79 Å². The standard InChI is InChI=1S/C20H23NO3/c1-13-3-5-14(6-4-13)18-9-10-19(24-18)20(22)23-17-11-15-7-8-16(12-17)21(15)2/h3-6,9-10,15-17H,7-8,11-12H2,1-2H3. The maximum Gasteiger partial charge on any atom is 0.374 e. The van der Waals surface area contributed by atoms with Crippen LogP contribution in [0.1, 0.15) is 41.8 Å². The van der Waals surface area contributed by atoms with Gasteiger partial charge in [-0.25, -0.2) is 4.79 Å². The topological polar surface area (TPSA) is 42.7 Å². The fourth-order valence-electron chi connectivity index (χ4n) is 3.99. The van der Waals surface area contributed by atoms with E-state index in [2.05, 4.69) is 11.9 Å². The van der Waals surface area contributed by atoms with Gasteiger partial charge in [-0.2, -0.15) is 0 Å². The Balaban J connectivity index is 1.43. The second kappa shape index (κ2) is 6.10. The molecule has 0 radical (unpaired) electrons. The van der Waals surface area contributed by atoms with Gasteiger partial charge in [0.1, 0.15) is 11.9 Å². The molecule has 0 N–H and O–H groups in total. The molecule has 2 fully saturated rings. The van der Waals surface area contributed by atoms with Crippen LogP contribution in [0.15, 0.2) is 40.8 Å². The molecule has 2 saturated heterocycles. The van der Waals surface area contributed by atoms with Crippen molar-refractivity contribution >= 4 is 5.97 Å². The first kappa shape index (κ1) is 15.5. The Morgan fingerprint density at radius 3 is 2.42 bits per heavy atom. The lowest BCUT2D eigenvalue weighted by molar-refractivity contribution is -0.00305. The third-order valence-corrected chi connectivity index (χ3v) is 5.47. The number of rotatable bonds is 3. The number of ether oxygens (including phenoxy) is 1. The average Bonchev–Trinajstić information content (AvgIpc) is 3.12. The third kappa shape index (κ3) is 2.86. The van der Waals surface area contributed by atoms with Crippen LogP contribution in [0, 0.1) is 6.92 Å². The third-order valence-electron chi connectivity index (χ3n) is 5.47. The molecule has 2 aliphatic rings. The lowest BCUT2D eigenvalue weighted by Crippen LogP contribution is -2.43. The van der Waals surface area contributed by atoms with Gasteiger partial charge in [-0.05, 0) is 38.9 Å². The fraction of sp³-hybridized carbons (Fsp3) is 0.450. The van der Waals surface area contributed by atoms with Crippen molar-refractivity contribution in [2.45, 2.75) is 50.8 Å². The molecule has 0 amide bonds. The lowest BCUT2D eigenvalue weighted by Gasteiger charge is -2.35. The molecule has 0 spiro atoms. The Labute approximate surface area is 142 Å². The summed E-state index contributed by atoms with van der Waals surface area (Å²) in [6.45, 7) is 2.05. The number of hydrogen-bond donors (Lipinski definition) is 0. The zero-order chi connectivity index (χ0) is 16.7. The summed E-state index contributed by atoms with van der Waals surface area (Å²) in [6.07, 6.45) is 4.31. The van der Waals surface area contributed by atoms with Gasteiger partial charge >= 0.3 is 5.97 Å². The Morgan fingerprint density at radius 2 is 1.75 bits per heavy atom. The van der Waals surface area contributed by atoms with E-state index in [-0.39, 0.29) is 17.8 Å². The molecule has 0 saturated carbocycles. The van der Waals surface area contributed by atoms with Gasteiger partial charge < -0.3 is 14.1 Å². The molecule has 2 aliphatic heterocycles. The van der Waals surface area contributed by atoms with Crippen LogP contribution in [0.3, 0.4) is 0 Å². The van der Waals surface area contributed by atoms with E-state index in [4.69, 9.17) is 9.15 Å². The quantitative estimate of drug-likeness (QED) is 0.799. The SMILES string of the molecule is Cc1ccc(-c2ccc(C(=O)OC3CC4CCC(C3)N4C)o2)cc1. The smallest absolute Gasteiger partial charge is 0.374 e. The zero-order valence-corrected chi connectivity index (χ0v) is 14.2. The van der Waals surface area contributed by atoms with Crippen molar-refractivity contribution in [3.05, 3.63) is 47.7 Å². The van der Waals surface area contributed by atoms with Gasteiger partial charge in [0.25, 0.3) is 0 Å². The van der Waals surface area contributed by atoms with E-state index in [1.165, 1.54) is 18.4 Å². The van der Waals surface area contributed by atoms with E-state index in [0.717, 1.165) is 18.4 Å². The number of carbonyl (C=O) groups excluding carboxylic acids is 1. The van der Waals surface area contributed by atoms with Gasteiger partial charge in [0.2, 0.25) is 5.76 Å². The monoisotopic (exact) mass is 325 g/mol. The van der Waals surface area contributed by atoms with Crippen LogP contribution in [0.5, 0.6) is 0 Å². The highest BCUT2D eigenvalue weighted by molar-refractivity contribution is 5.87. The second-order valence-corrected chi connectivity index (χ2v) is 7.08. The highest BCUT2D eigenvalue weighted by atomic mass is 16.6. The minimum Gasteiger partial charge on any atom is -0.456 e. The summed E-state index contributed by atoms with van der Waals surface area (Å²) in [6, 6.07) is 12.7. The molecule has 2 unspecified atom stereocenters. The van der Waals surface area contributed by atoms with Crippen LogP contribution >= 0.6 is 0 Å². The van der Waals surface area contributed by atoms with E-state index in [1.807, 2.05) is 37.3 Å². The summed E-state index contributed by atoms with van der Waals surface area (Å²) in [5.74, 6) is 0.643. The largest absolute Gasteiger partial charge is 0.456 e. The van der Waals surface area contributed by atoms with Crippen molar-refractivity contribution in [3.8, 4) is 11.3 Å². The number of nitrogens with zero attached hydrogens (tertiary/aromatic N) is 1. The van der Waals surface area contributed by atoms with Crippen LogP contribution in [0.25, 0.3) is 11.3 Å². The van der Waals surface area contributed by atoms with Crippen LogP contribution < -0.4 is 0 Å². The number of piperidine rings is 1. The van der Waals surface area contributed by atoms with Crippen LogP contribution in [-0.4, -0.2) is 36.1 Å². The number of aryl methyl sites for hydroxylation is 1. The van der Waals surface area contributed by atoms with Crippen LogP contribution in [-0.2, 0) is 4.74 Å². The molecule has 3 heterocycles. The molecule has 2 bridgehead atoms. The predicted octanol–water partition coefficient (Wildman–Crippen LogP) is 4.04. The summed E-state index contributed by atoms with van der Waals surface area (Å²) in [5, 5.41) is 0. The van der Waals surface area contributed by atoms with Gasteiger partial charge in [0.15, 0.2) is 0 Å². The first-order valence-corrected chi connectivity index (χ1v) is 8.70. The summed E-state index contributed by atoms with van der Waals surface area (Å²) < 4.78 is 11.4. The minimum absolute atomic E-state index is 0.0131. The number of hydrogen-bond acceptors (Lipinski definition) is 4. The van der Waals surface area contributed by atoms with Crippen molar-refractivity contribution in [2.75, 3.05) is 7.05 Å². The highest BCUT2D eigenvalue weighted by Crippen LogP contribution is 2.35. The molecule has 4 nitrogen and oxygen atoms in total. The maximum absolute atomic E-state index is 12.4. The number of esters is 1. The van der Waals surface area contributed by atoms with Crippen molar-refractivity contribution < 1.29 is 13.9 Å². The van der Waals surface area contributed by atoms with Gasteiger partial charge in [0, 0.05) is 30.5 Å². The summed E-state index contributed by atoms with van der Waals surface area (Å²) in [7, 11) is 2.18. The zero-order valence-electron chi connectivity index (χ0n) is 14.2. The Morgan fingerprint density at radius 1 is 1.08 bits per heavy atom. The molecular formula is C20H23NO3. The van der Waals surface area contributed by atoms with Gasteiger partial charge in [-0.3, -0.25) is 0 Å². The van der Waals surface area contributed by atoms with Crippen LogP contribution in [0.4, 0.5) is 0 Å². The molecular weight excluding hydrogens is 302 g/mol. The van der Waals surface area contributed by atoms with Crippen molar-refractivity contribution in [1.82, 2.24) is 4.90 Å². The molecule has 2 atom stereocenters. The van der Waals surface area contributed by atoms with Gasteiger partial charge in [0.05, 0.1) is 0 Å². The van der Waals surface area contributed by atoms with E-state index >= 15 is 0 Å². The van der Waals surface area contributed by atoms with E-state index in [0.29, 0.717) is 17.8 Å². The second-order valence-electron chi connectivity index (χ2n) is 7.08. The molecule has 24 heavy (non-hydrogen) atoms. The lowest BCUT2D eigenvalue weighted by atomic mass is 10.0. The fourth-order valence-corrected chi connectivity index (χ4v) is 3.99. The molecule has 1 aromatic heterocycles. The molecule has 4 heteroatoms. The van der Waals surface area contributed by atoms with Gasteiger partial charge in [-0.1, -0.05) is 29.8 Å². The number of furan rings is 1. The Kier molecular flexibility index (Phi) is 3.93. The Hall–Kier alpha value is -2.07. The summed E-state index contributed by atoms with van der Waals surface area (Å²) >= 11 is 0. The molecule has 126 valence electrons. The average molecular weight is 325 g/mol. The van der Waals surface area contributed by atoms with Crippen molar-refractivity contribution in [2.24, 2.45) is 0 Å². The summed E-state index contributed by atoms with van der Waals surface area (Å²) in [5.41, 5.74) is 2.17. The van der Waals surface area contributed by atoms with Crippen molar-refractivity contribution in [1.29, 1.82) is 0 Å². The summed E-state index contributed by atoms with van der Waals surface area (Å²) in [4.78, 5) is 14.8. The Bertz CT molecular complexity index is 720. The normalized spacial score (nSPS) is 26.5. The number of fused-ring (bicyclic) bond motifs is 2. The maximum atomic E-state index is 12.4. The minimum atomic E-state index is -0.345. The van der Waals surface area contributed by atoms with E-state index in [1.54, 1.807) is 6.07 Å². The van der Waals surface area contributed by atoms with E-state index < -0.39 is 0 Å². The highest BCUT2D eigenvalue weighted by Gasteiger charge is 2.40. The predicted molar refractivity (Wildman–Crippen MR) is 91.9 cm³/mol. The number of benzene rings is 1. The first-order chi connectivity index (χ1) is 11.6. The number of carbonyl (C=O) groups is 1. The molecule has 0 aliphatic carbocycles. The molecule has 4 rings (SSSR count).